The van der Waals surface area contributed by atoms with Crippen LogP contribution in [0.4, 0.5) is 0 Å². The van der Waals surface area contributed by atoms with Gasteiger partial charge < -0.3 is 20.1 Å². The minimum Gasteiger partial charge on any atom is -0.393 e. The Kier molecular flexibility index (Phi) is 8.03. The van der Waals surface area contributed by atoms with Crippen molar-refractivity contribution in [1.82, 2.24) is 4.90 Å². The van der Waals surface area contributed by atoms with E-state index < -0.39 is 5.92 Å². The molecule has 0 spiro atoms. The zero-order valence-corrected chi connectivity index (χ0v) is 11.8. The van der Waals surface area contributed by atoms with Crippen LogP contribution in [0, 0.1) is 5.92 Å². The molecule has 6 heteroatoms. The van der Waals surface area contributed by atoms with Crippen LogP contribution < -0.4 is 5.73 Å². The van der Waals surface area contributed by atoms with Crippen molar-refractivity contribution in [3.63, 3.8) is 0 Å². The smallest absolute Gasteiger partial charge is 0.232 e. The Hall–Kier alpha value is -0.720. The number of ether oxygens (including phenoxy) is 2. The highest BCUT2D eigenvalue weighted by molar-refractivity contribution is 7.80. The molecule has 17 heavy (non-hydrogen) atoms. The topological polar surface area (TPSA) is 64.8 Å². The molecule has 0 aliphatic rings. The van der Waals surface area contributed by atoms with Crippen molar-refractivity contribution in [2.45, 2.75) is 19.9 Å². The summed E-state index contributed by atoms with van der Waals surface area (Å²) in [7, 11) is 3.20. The highest BCUT2D eigenvalue weighted by Crippen LogP contribution is 2.08. The monoisotopic (exact) mass is 262 g/mol. The average molecular weight is 262 g/mol. The van der Waals surface area contributed by atoms with Crippen LogP contribution in [0.15, 0.2) is 0 Å². The van der Waals surface area contributed by atoms with Gasteiger partial charge in [0, 0.05) is 20.8 Å². The van der Waals surface area contributed by atoms with Gasteiger partial charge >= 0.3 is 0 Å². The molecule has 0 saturated carbocycles. The van der Waals surface area contributed by atoms with Gasteiger partial charge in [-0.2, -0.15) is 0 Å². The summed E-state index contributed by atoms with van der Waals surface area (Å²) in [6.07, 6.45) is 0. The summed E-state index contributed by atoms with van der Waals surface area (Å²) in [5.41, 5.74) is 5.50. The first-order chi connectivity index (χ1) is 7.95. The summed E-state index contributed by atoms with van der Waals surface area (Å²) < 4.78 is 10.0. The van der Waals surface area contributed by atoms with Gasteiger partial charge in [-0.05, 0) is 13.8 Å². The first-order valence-corrected chi connectivity index (χ1v) is 5.94. The second kappa shape index (κ2) is 8.38. The molecule has 1 amide bonds. The minimum absolute atomic E-state index is 0.0283. The normalized spacial score (nSPS) is 14.1. The Morgan fingerprint density at radius 3 is 2.35 bits per heavy atom. The third kappa shape index (κ3) is 5.43. The molecule has 0 aromatic carbocycles. The number of rotatable bonds is 8. The molecule has 0 aliphatic carbocycles. The molecule has 0 fully saturated rings. The second-order valence-corrected chi connectivity index (χ2v) is 4.42. The molecule has 0 aliphatic heterocycles. The largest absolute Gasteiger partial charge is 0.393 e. The van der Waals surface area contributed by atoms with E-state index in [0.717, 1.165) is 0 Å². The number of thiocarbonyl (C=S) groups is 1. The molecule has 0 heterocycles. The molecule has 5 nitrogen and oxygen atoms in total. The van der Waals surface area contributed by atoms with E-state index >= 15 is 0 Å². The van der Waals surface area contributed by atoms with Crippen LogP contribution in [-0.2, 0) is 14.3 Å². The van der Waals surface area contributed by atoms with E-state index in [1.165, 1.54) is 0 Å². The van der Waals surface area contributed by atoms with Gasteiger partial charge in [0.15, 0.2) is 0 Å². The molecule has 0 rings (SSSR count). The van der Waals surface area contributed by atoms with Crippen LogP contribution in [0.2, 0.25) is 0 Å². The lowest BCUT2D eigenvalue weighted by Crippen LogP contribution is -2.47. The quantitative estimate of drug-likeness (QED) is 0.642. The molecule has 0 radical (unpaired) electrons. The van der Waals surface area contributed by atoms with E-state index in [2.05, 4.69) is 0 Å². The highest BCUT2D eigenvalue weighted by Gasteiger charge is 2.26. The molecular formula is C11H22N2O3S. The van der Waals surface area contributed by atoms with Crippen molar-refractivity contribution in [3.8, 4) is 0 Å². The van der Waals surface area contributed by atoms with Gasteiger partial charge in [-0.1, -0.05) is 12.2 Å². The van der Waals surface area contributed by atoms with Gasteiger partial charge in [0.05, 0.1) is 30.2 Å². The standard InChI is InChI=1S/C11H22N2O3S/c1-8(7-16-4)13(5-6-15-3)11(14)9(2)10(12)17/h8-9H,5-7H2,1-4H3,(H2,12,17). The maximum Gasteiger partial charge on any atom is 0.232 e. The predicted octanol–water partition coefficient (Wildman–Crippen LogP) is 0.419. The SMILES string of the molecule is COCCN(C(=O)C(C)C(N)=S)C(C)COC. The van der Waals surface area contributed by atoms with Gasteiger partial charge in [-0.15, -0.1) is 0 Å². The van der Waals surface area contributed by atoms with Gasteiger partial charge in [0.25, 0.3) is 0 Å². The fourth-order valence-electron chi connectivity index (χ4n) is 1.44. The molecule has 0 bridgehead atoms. The maximum absolute atomic E-state index is 12.2. The number of carbonyl (C=O) groups excluding carboxylic acids is 1. The number of carbonyl (C=O) groups is 1. The van der Waals surface area contributed by atoms with Crippen molar-refractivity contribution in [2.75, 3.05) is 34.0 Å². The van der Waals surface area contributed by atoms with Crippen LogP contribution in [0.25, 0.3) is 0 Å². The van der Waals surface area contributed by atoms with Crippen LogP contribution in [-0.4, -0.2) is 55.8 Å². The number of nitrogens with zero attached hydrogens (tertiary/aromatic N) is 1. The number of nitrogens with two attached hydrogens (primary N) is 1. The second-order valence-electron chi connectivity index (χ2n) is 3.95. The Bertz CT molecular complexity index is 261. The first kappa shape index (κ1) is 16.3. The van der Waals surface area contributed by atoms with Crippen LogP contribution in [0.5, 0.6) is 0 Å². The Morgan fingerprint density at radius 2 is 1.94 bits per heavy atom. The van der Waals surface area contributed by atoms with Crippen LogP contribution >= 0.6 is 12.2 Å². The lowest BCUT2D eigenvalue weighted by molar-refractivity contribution is -0.136. The molecule has 0 aromatic rings. The Balaban J connectivity index is 4.65. The zero-order chi connectivity index (χ0) is 13.4. The lowest BCUT2D eigenvalue weighted by atomic mass is 10.1. The molecule has 100 valence electrons. The van der Waals surface area contributed by atoms with E-state index in [4.69, 9.17) is 27.4 Å². The molecule has 0 saturated heterocycles. The molecule has 2 unspecified atom stereocenters. The van der Waals surface area contributed by atoms with Crippen molar-refractivity contribution in [1.29, 1.82) is 0 Å². The van der Waals surface area contributed by atoms with Crippen molar-refractivity contribution in [3.05, 3.63) is 0 Å². The van der Waals surface area contributed by atoms with Crippen LogP contribution in [0.3, 0.4) is 0 Å². The van der Waals surface area contributed by atoms with Crippen LogP contribution in [0.1, 0.15) is 13.8 Å². The summed E-state index contributed by atoms with van der Waals surface area (Å²) in [5.74, 6) is -0.541. The minimum atomic E-state index is -0.457. The van der Waals surface area contributed by atoms with E-state index in [0.29, 0.717) is 19.8 Å². The number of amides is 1. The van der Waals surface area contributed by atoms with E-state index in [1.54, 1.807) is 26.0 Å². The van der Waals surface area contributed by atoms with Gasteiger partial charge in [0.1, 0.15) is 0 Å². The number of methoxy groups -OCH3 is 2. The fraction of sp³-hybridized carbons (Fsp3) is 0.818. The van der Waals surface area contributed by atoms with E-state index in [-0.39, 0.29) is 16.9 Å². The van der Waals surface area contributed by atoms with Crippen molar-refractivity contribution in [2.24, 2.45) is 11.7 Å². The highest BCUT2D eigenvalue weighted by atomic mass is 32.1. The summed E-state index contributed by atoms with van der Waals surface area (Å²) >= 11 is 4.85. The maximum atomic E-state index is 12.2. The van der Waals surface area contributed by atoms with E-state index in [9.17, 15) is 4.79 Å². The summed E-state index contributed by atoms with van der Waals surface area (Å²) in [6, 6.07) is -0.0283. The first-order valence-electron chi connectivity index (χ1n) is 5.53. The third-order valence-corrected chi connectivity index (χ3v) is 2.91. The Labute approximate surface area is 108 Å². The van der Waals surface area contributed by atoms with E-state index in [1.807, 2.05) is 6.92 Å². The lowest BCUT2D eigenvalue weighted by Gasteiger charge is -2.30. The zero-order valence-electron chi connectivity index (χ0n) is 10.9. The molecule has 0 aromatic heterocycles. The fourth-order valence-corrected chi connectivity index (χ4v) is 1.54. The summed E-state index contributed by atoms with van der Waals surface area (Å²) in [4.78, 5) is 14.1. The number of hydrogen-bond acceptors (Lipinski definition) is 4. The van der Waals surface area contributed by atoms with Gasteiger partial charge in [-0.25, -0.2) is 0 Å². The van der Waals surface area contributed by atoms with Gasteiger partial charge in [-0.3, -0.25) is 4.79 Å². The predicted molar refractivity (Wildman–Crippen MR) is 70.9 cm³/mol. The molecule has 2 N–H and O–H groups in total. The molecular weight excluding hydrogens is 240 g/mol. The van der Waals surface area contributed by atoms with Crippen molar-refractivity contribution < 1.29 is 14.3 Å². The Morgan fingerprint density at radius 1 is 1.35 bits per heavy atom. The number of hydrogen-bond donors (Lipinski definition) is 1. The summed E-state index contributed by atoms with van der Waals surface area (Å²) in [6.45, 7) is 5.09. The van der Waals surface area contributed by atoms with Gasteiger partial charge in [0.2, 0.25) is 5.91 Å². The third-order valence-electron chi connectivity index (χ3n) is 2.56. The average Bonchev–Trinajstić information content (AvgIpc) is 2.28. The molecule has 2 atom stereocenters. The van der Waals surface area contributed by atoms with Crippen molar-refractivity contribution >= 4 is 23.1 Å². The summed E-state index contributed by atoms with van der Waals surface area (Å²) in [5, 5.41) is 0.